The molecular weight excluding hydrogens is 422 g/mol. The molecule has 1 aliphatic heterocycles. The van der Waals surface area contributed by atoms with Gasteiger partial charge in [-0.15, -0.1) is 9.63 Å². The second-order valence-electron chi connectivity index (χ2n) is 5.92. The number of hydrogen-bond donors (Lipinski definition) is 1. The van der Waals surface area contributed by atoms with E-state index in [0.717, 1.165) is 37.9 Å². The molecule has 0 spiro atoms. The molecule has 0 bridgehead atoms. The molecule has 0 saturated carbocycles. The zero-order chi connectivity index (χ0) is 20.0. The molecule has 1 saturated heterocycles. The smallest absolute Gasteiger partial charge is 0.313 e. The summed E-state index contributed by atoms with van der Waals surface area (Å²) in [6, 6.07) is 7.32. The fraction of sp³-hybridized carbons (Fsp3) is 0.375. The minimum absolute atomic E-state index is 0.0308. The Morgan fingerprint density at radius 2 is 2.00 bits per heavy atom. The van der Waals surface area contributed by atoms with Crippen molar-refractivity contribution in [3.63, 3.8) is 0 Å². The van der Waals surface area contributed by atoms with E-state index in [4.69, 9.17) is 21.5 Å². The number of piperidine rings is 1. The summed E-state index contributed by atoms with van der Waals surface area (Å²) in [5, 5.41) is 7.65. The topological polar surface area (TPSA) is 109 Å². The first-order valence-corrected chi connectivity index (χ1v) is 11.1. The Morgan fingerprint density at radius 1 is 1.29 bits per heavy atom. The van der Waals surface area contributed by atoms with Gasteiger partial charge in [-0.1, -0.05) is 17.4 Å². The fourth-order valence-corrected chi connectivity index (χ4v) is 4.30. The molecule has 0 atom stereocenters. The van der Waals surface area contributed by atoms with Crippen molar-refractivity contribution in [3.05, 3.63) is 30.3 Å². The summed E-state index contributed by atoms with van der Waals surface area (Å²) in [5.41, 5.74) is 0.524. The monoisotopic (exact) mass is 441 g/mol. The molecule has 1 aromatic carbocycles. The first-order valence-electron chi connectivity index (χ1n) is 8.48. The van der Waals surface area contributed by atoms with Crippen molar-refractivity contribution >= 4 is 50.0 Å². The van der Waals surface area contributed by atoms with Crippen molar-refractivity contribution < 1.29 is 17.7 Å². The van der Waals surface area contributed by atoms with E-state index < -0.39 is 10.0 Å². The number of ether oxygens (including phenoxy) is 1. The van der Waals surface area contributed by atoms with Crippen LogP contribution in [-0.2, 0) is 10.0 Å². The van der Waals surface area contributed by atoms with Crippen molar-refractivity contribution in [2.75, 3.05) is 24.9 Å². The zero-order valence-electron chi connectivity index (χ0n) is 15.1. The number of aromatic nitrogens is 1. The SMILES string of the molecule is COc1cc(NS(=O)(=O)c2ccc(N=NSC(=S)N3CCCCC3)cc2)no1. The molecule has 1 aliphatic rings. The number of benzene rings is 1. The standard InChI is InChI=1S/C16H19N5O4S3/c1-24-15-11-14(18-25-15)19-28(22,23)13-7-5-12(6-8-13)17-20-27-16(26)21-9-3-2-4-10-21/h5-8,11H,2-4,9-10H2,1H3,(H,18,19). The minimum Gasteiger partial charge on any atom is -0.467 e. The maximum absolute atomic E-state index is 12.4. The van der Waals surface area contributed by atoms with Crippen LogP contribution in [0.1, 0.15) is 19.3 Å². The molecule has 2 aromatic rings. The number of methoxy groups -OCH3 is 1. The van der Waals surface area contributed by atoms with Gasteiger partial charge in [-0.2, -0.15) is 0 Å². The lowest BCUT2D eigenvalue weighted by atomic mass is 10.1. The third-order valence-electron chi connectivity index (χ3n) is 3.97. The molecule has 3 rings (SSSR count). The number of nitrogens with zero attached hydrogens (tertiary/aromatic N) is 4. The molecule has 0 aliphatic carbocycles. The molecule has 1 aromatic heterocycles. The number of rotatable bonds is 6. The van der Waals surface area contributed by atoms with Crippen LogP contribution < -0.4 is 9.46 Å². The number of nitrogens with one attached hydrogen (secondary N) is 1. The molecule has 0 unspecified atom stereocenters. The van der Waals surface area contributed by atoms with E-state index in [9.17, 15) is 8.42 Å². The van der Waals surface area contributed by atoms with Gasteiger partial charge in [0.1, 0.15) is 0 Å². The van der Waals surface area contributed by atoms with Gasteiger partial charge in [0, 0.05) is 13.1 Å². The highest BCUT2D eigenvalue weighted by molar-refractivity contribution is 8.21. The normalized spacial score (nSPS) is 15.0. The van der Waals surface area contributed by atoms with Crippen LogP contribution in [-0.4, -0.2) is 43.0 Å². The maximum Gasteiger partial charge on any atom is 0.313 e. The van der Waals surface area contributed by atoms with Gasteiger partial charge in [0.15, 0.2) is 10.1 Å². The number of likely N-dealkylation sites (tertiary alicyclic amines) is 1. The van der Waals surface area contributed by atoms with Crippen LogP contribution in [0.15, 0.2) is 49.4 Å². The van der Waals surface area contributed by atoms with Gasteiger partial charge >= 0.3 is 5.95 Å². The van der Waals surface area contributed by atoms with Crippen molar-refractivity contribution in [1.82, 2.24) is 10.1 Å². The van der Waals surface area contributed by atoms with Gasteiger partial charge in [-0.3, -0.25) is 4.72 Å². The summed E-state index contributed by atoms with van der Waals surface area (Å²) in [5.74, 6) is 0.136. The van der Waals surface area contributed by atoms with E-state index >= 15 is 0 Å². The summed E-state index contributed by atoms with van der Waals surface area (Å²) in [4.78, 5) is 2.19. The summed E-state index contributed by atoms with van der Waals surface area (Å²) in [7, 11) is -2.41. The van der Waals surface area contributed by atoms with Crippen molar-refractivity contribution in [2.24, 2.45) is 9.63 Å². The fourth-order valence-electron chi connectivity index (χ4n) is 2.53. The highest BCUT2D eigenvalue weighted by atomic mass is 32.2. The minimum atomic E-state index is -3.81. The molecular formula is C16H19N5O4S3. The first kappa shape index (κ1) is 20.6. The Hall–Kier alpha value is -2.18. The summed E-state index contributed by atoms with van der Waals surface area (Å²) in [6.45, 7) is 1.91. The molecule has 2 heterocycles. The lowest BCUT2D eigenvalue weighted by Gasteiger charge is -2.27. The van der Waals surface area contributed by atoms with Crippen LogP contribution in [0.25, 0.3) is 0 Å². The highest BCUT2D eigenvalue weighted by Gasteiger charge is 2.17. The van der Waals surface area contributed by atoms with E-state index in [-0.39, 0.29) is 16.7 Å². The predicted octanol–water partition coefficient (Wildman–Crippen LogP) is 3.99. The molecule has 28 heavy (non-hydrogen) atoms. The maximum atomic E-state index is 12.4. The summed E-state index contributed by atoms with van der Waals surface area (Å²) in [6.07, 6.45) is 3.52. The first-order chi connectivity index (χ1) is 13.5. The average Bonchev–Trinajstić information content (AvgIpc) is 3.16. The van der Waals surface area contributed by atoms with Gasteiger partial charge in [0.2, 0.25) is 0 Å². The summed E-state index contributed by atoms with van der Waals surface area (Å²) >= 11 is 6.50. The van der Waals surface area contributed by atoms with Gasteiger partial charge in [-0.25, -0.2) is 8.42 Å². The van der Waals surface area contributed by atoms with Crippen molar-refractivity contribution in [2.45, 2.75) is 24.2 Å². The Bertz CT molecular complexity index is 937. The van der Waals surface area contributed by atoms with E-state index in [2.05, 4.69) is 24.4 Å². The second kappa shape index (κ2) is 9.34. The number of hydrogen-bond acceptors (Lipinski definition) is 9. The Kier molecular flexibility index (Phi) is 6.86. The van der Waals surface area contributed by atoms with Gasteiger partial charge in [0.25, 0.3) is 10.0 Å². The Balaban J connectivity index is 1.58. The van der Waals surface area contributed by atoms with Crippen LogP contribution in [0.4, 0.5) is 11.5 Å². The summed E-state index contributed by atoms with van der Waals surface area (Å²) < 4.78 is 41.4. The molecule has 0 amide bonds. The van der Waals surface area contributed by atoms with Gasteiger partial charge in [-0.05, 0) is 43.5 Å². The third-order valence-corrected chi connectivity index (χ3v) is 6.40. The Labute approximate surface area is 172 Å². The lowest BCUT2D eigenvalue weighted by molar-refractivity contribution is 0.261. The molecule has 12 heteroatoms. The van der Waals surface area contributed by atoms with Gasteiger partial charge in [0.05, 0.1) is 35.7 Å². The van der Waals surface area contributed by atoms with Crippen LogP contribution in [0.5, 0.6) is 5.95 Å². The highest BCUT2D eigenvalue weighted by Crippen LogP contribution is 2.23. The molecule has 0 radical (unpaired) electrons. The van der Waals surface area contributed by atoms with Crippen LogP contribution >= 0.6 is 24.2 Å². The molecule has 150 valence electrons. The predicted molar refractivity (Wildman–Crippen MR) is 110 cm³/mol. The van der Waals surface area contributed by atoms with E-state index in [1.54, 1.807) is 12.1 Å². The zero-order valence-corrected chi connectivity index (χ0v) is 17.5. The largest absolute Gasteiger partial charge is 0.467 e. The molecule has 1 N–H and O–H groups in total. The van der Waals surface area contributed by atoms with Crippen molar-refractivity contribution in [1.29, 1.82) is 0 Å². The van der Waals surface area contributed by atoms with Crippen LogP contribution in [0.3, 0.4) is 0 Å². The number of anilines is 1. The van der Waals surface area contributed by atoms with E-state index in [0.29, 0.717) is 10.0 Å². The quantitative estimate of drug-likeness (QED) is 0.407. The lowest BCUT2D eigenvalue weighted by Crippen LogP contribution is -2.32. The van der Waals surface area contributed by atoms with E-state index in [1.807, 2.05) is 0 Å². The van der Waals surface area contributed by atoms with E-state index in [1.165, 1.54) is 31.7 Å². The Morgan fingerprint density at radius 3 is 2.64 bits per heavy atom. The third kappa shape index (κ3) is 5.42. The molecule has 9 nitrogen and oxygen atoms in total. The van der Waals surface area contributed by atoms with Crippen molar-refractivity contribution in [3.8, 4) is 5.95 Å². The second-order valence-corrected chi connectivity index (χ2v) is 8.98. The van der Waals surface area contributed by atoms with Gasteiger partial charge < -0.3 is 14.2 Å². The number of thiocarbonyl (C=S) groups is 1. The van der Waals surface area contributed by atoms with Crippen LogP contribution in [0.2, 0.25) is 0 Å². The molecule has 1 fully saturated rings. The average molecular weight is 442 g/mol. The number of sulfonamides is 1. The van der Waals surface area contributed by atoms with Crippen LogP contribution in [0, 0.1) is 0 Å².